The van der Waals surface area contributed by atoms with Crippen LogP contribution < -0.4 is 16.0 Å². The number of anilines is 3. The zero-order chi connectivity index (χ0) is 23.5. The molecule has 1 heterocycles. The number of rotatable bonds is 5. The standard InChI is InChI=1S/C21H15Cl2F3N4O2/c1-27-18-17(23)9-14(10-28-18)30-20(32)15-8-13(5-6-16(15)22)29-19(31)11-3-2-4-12(7-11)21(24,25)26/h2-10H,1H3,(H,27,28)(H,29,31)(H,30,32). The Bertz CT molecular complexity index is 1190. The predicted molar refractivity (Wildman–Crippen MR) is 118 cm³/mol. The van der Waals surface area contributed by atoms with E-state index >= 15 is 0 Å². The van der Waals surface area contributed by atoms with Crippen LogP contribution in [0, 0.1) is 0 Å². The summed E-state index contributed by atoms with van der Waals surface area (Å²) >= 11 is 12.2. The lowest BCUT2D eigenvalue weighted by Gasteiger charge is -2.12. The number of halogens is 5. The van der Waals surface area contributed by atoms with Gasteiger partial charge in [0, 0.05) is 18.3 Å². The van der Waals surface area contributed by atoms with Crippen LogP contribution in [0.25, 0.3) is 0 Å². The van der Waals surface area contributed by atoms with Gasteiger partial charge in [-0.3, -0.25) is 9.59 Å². The Hall–Kier alpha value is -3.30. The van der Waals surface area contributed by atoms with E-state index in [1.54, 1.807) is 7.05 Å². The molecule has 0 fully saturated rings. The van der Waals surface area contributed by atoms with Crippen LogP contribution in [0.4, 0.5) is 30.4 Å². The third kappa shape index (κ3) is 5.49. The average molecular weight is 483 g/mol. The molecule has 0 saturated carbocycles. The molecule has 3 N–H and O–H groups in total. The SMILES string of the molecule is CNc1ncc(NC(=O)c2cc(NC(=O)c3cccc(C(F)(F)F)c3)ccc2Cl)cc1Cl. The first-order valence-electron chi connectivity index (χ1n) is 9.01. The van der Waals surface area contributed by atoms with E-state index in [0.717, 1.165) is 18.2 Å². The van der Waals surface area contributed by atoms with Crippen molar-refractivity contribution in [3.8, 4) is 0 Å². The molecule has 0 bridgehead atoms. The van der Waals surface area contributed by atoms with Gasteiger partial charge in [0.25, 0.3) is 11.8 Å². The number of carbonyl (C=O) groups is 2. The normalized spacial score (nSPS) is 11.1. The van der Waals surface area contributed by atoms with Crippen molar-refractivity contribution in [1.29, 1.82) is 0 Å². The van der Waals surface area contributed by atoms with Gasteiger partial charge in [-0.2, -0.15) is 13.2 Å². The largest absolute Gasteiger partial charge is 0.416 e. The van der Waals surface area contributed by atoms with E-state index in [4.69, 9.17) is 23.2 Å². The molecule has 0 saturated heterocycles. The lowest BCUT2D eigenvalue weighted by Crippen LogP contribution is -2.16. The van der Waals surface area contributed by atoms with Gasteiger partial charge in [0.15, 0.2) is 0 Å². The molecule has 0 spiro atoms. The number of alkyl halides is 3. The topological polar surface area (TPSA) is 83.1 Å². The maximum absolute atomic E-state index is 12.9. The summed E-state index contributed by atoms with van der Waals surface area (Å²) < 4.78 is 38.7. The molecule has 3 aromatic rings. The van der Waals surface area contributed by atoms with Crippen molar-refractivity contribution in [2.75, 3.05) is 23.0 Å². The summed E-state index contributed by atoms with van der Waals surface area (Å²) in [5.74, 6) is -0.939. The minimum absolute atomic E-state index is 0.0299. The maximum Gasteiger partial charge on any atom is 0.416 e. The van der Waals surface area contributed by atoms with E-state index in [0.29, 0.717) is 16.5 Å². The van der Waals surface area contributed by atoms with Crippen molar-refractivity contribution in [2.24, 2.45) is 0 Å². The highest BCUT2D eigenvalue weighted by Crippen LogP contribution is 2.30. The molecule has 2 amide bonds. The molecule has 6 nitrogen and oxygen atoms in total. The van der Waals surface area contributed by atoms with Crippen molar-refractivity contribution < 1.29 is 22.8 Å². The number of hydrogen-bond donors (Lipinski definition) is 3. The quantitative estimate of drug-likeness (QED) is 0.419. The molecule has 166 valence electrons. The minimum atomic E-state index is -4.58. The lowest BCUT2D eigenvalue weighted by atomic mass is 10.1. The van der Waals surface area contributed by atoms with Crippen molar-refractivity contribution in [3.05, 3.63) is 81.5 Å². The van der Waals surface area contributed by atoms with Crippen molar-refractivity contribution in [1.82, 2.24) is 4.98 Å². The number of nitrogens with zero attached hydrogens (tertiary/aromatic N) is 1. The van der Waals surface area contributed by atoms with Gasteiger partial charge >= 0.3 is 6.18 Å². The Morgan fingerprint density at radius 1 is 0.906 bits per heavy atom. The highest BCUT2D eigenvalue weighted by molar-refractivity contribution is 6.35. The highest BCUT2D eigenvalue weighted by atomic mass is 35.5. The summed E-state index contributed by atoms with van der Waals surface area (Å²) in [5.41, 5.74) is -0.622. The molecule has 11 heteroatoms. The third-order valence-corrected chi connectivity index (χ3v) is 4.87. The second kappa shape index (κ2) is 9.46. The highest BCUT2D eigenvalue weighted by Gasteiger charge is 2.30. The molecule has 32 heavy (non-hydrogen) atoms. The molecule has 3 rings (SSSR count). The van der Waals surface area contributed by atoms with E-state index in [2.05, 4.69) is 20.9 Å². The Morgan fingerprint density at radius 3 is 2.28 bits per heavy atom. The third-order valence-electron chi connectivity index (χ3n) is 4.26. The summed E-state index contributed by atoms with van der Waals surface area (Å²) in [6.07, 6.45) is -3.19. The Kier molecular flexibility index (Phi) is 6.90. The molecule has 0 aliphatic carbocycles. The van der Waals surface area contributed by atoms with Crippen LogP contribution in [0.5, 0.6) is 0 Å². The number of amides is 2. The zero-order valence-corrected chi connectivity index (χ0v) is 17.9. The molecule has 0 aliphatic rings. The van der Waals surface area contributed by atoms with Crippen LogP contribution in [0.2, 0.25) is 10.0 Å². The van der Waals surface area contributed by atoms with Gasteiger partial charge < -0.3 is 16.0 Å². The van der Waals surface area contributed by atoms with E-state index in [9.17, 15) is 22.8 Å². The fourth-order valence-electron chi connectivity index (χ4n) is 2.71. The van der Waals surface area contributed by atoms with Crippen LogP contribution in [-0.2, 0) is 6.18 Å². The molecule has 2 aromatic carbocycles. The van der Waals surface area contributed by atoms with Gasteiger partial charge in [0.2, 0.25) is 0 Å². The predicted octanol–water partition coefficient (Wildman–Crippen LogP) is 5.95. The smallest absolute Gasteiger partial charge is 0.372 e. The van der Waals surface area contributed by atoms with Crippen LogP contribution in [-0.4, -0.2) is 23.8 Å². The van der Waals surface area contributed by atoms with E-state index in [-0.39, 0.29) is 21.8 Å². The summed E-state index contributed by atoms with van der Waals surface area (Å²) in [7, 11) is 1.64. The first-order valence-corrected chi connectivity index (χ1v) is 9.77. The fraction of sp³-hybridized carbons (Fsp3) is 0.0952. The first-order chi connectivity index (χ1) is 15.1. The van der Waals surface area contributed by atoms with Crippen molar-refractivity contribution >= 4 is 52.2 Å². The lowest BCUT2D eigenvalue weighted by molar-refractivity contribution is -0.137. The first kappa shape index (κ1) is 23.4. The number of hydrogen-bond acceptors (Lipinski definition) is 4. The Balaban J connectivity index is 1.79. The summed E-state index contributed by atoms with van der Waals surface area (Å²) in [5, 5.41) is 8.23. The number of aromatic nitrogens is 1. The second-order valence-electron chi connectivity index (χ2n) is 6.49. The molecular formula is C21H15Cl2F3N4O2. The van der Waals surface area contributed by atoms with Crippen LogP contribution in [0.1, 0.15) is 26.3 Å². The zero-order valence-electron chi connectivity index (χ0n) is 16.3. The van der Waals surface area contributed by atoms with Gasteiger partial charge in [0.1, 0.15) is 5.82 Å². The van der Waals surface area contributed by atoms with Crippen LogP contribution >= 0.6 is 23.2 Å². The molecule has 0 atom stereocenters. The molecule has 0 radical (unpaired) electrons. The molecule has 0 aliphatic heterocycles. The number of nitrogens with one attached hydrogen (secondary N) is 3. The van der Waals surface area contributed by atoms with Crippen molar-refractivity contribution in [3.63, 3.8) is 0 Å². The van der Waals surface area contributed by atoms with E-state index in [1.165, 1.54) is 36.5 Å². The van der Waals surface area contributed by atoms with E-state index < -0.39 is 23.6 Å². The average Bonchev–Trinajstić information content (AvgIpc) is 2.74. The maximum atomic E-state index is 12.9. The Labute approximate surface area is 190 Å². The van der Waals surface area contributed by atoms with Gasteiger partial charge in [-0.1, -0.05) is 29.3 Å². The van der Waals surface area contributed by atoms with Crippen molar-refractivity contribution in [2.45, 2.75) is 6.18 Å². The molecule has 1 aromatic heterocycles. The van der Waals surface area contributed by atoms with Crippen LogP contribution in [0.3, 0.4) is 0 Å². The monoisotopic (exact) mass is 482 g/mol. The summed E-state index contributed by atoms with van der Waals surface area (Å²) in [6, 6.07) is 9.59. The van der Waals surface area contributed by atoms with Gasteiger partial charge in [0.05, 0.1) is 33.1 Å². The van der Waals surface area contributed by atoms with Gasteiger partial charge in [-0.15, -0.1) is 0 Å². The van der Waals surface area contributed by atoms with E-state index in [1.807, 2.05) is 0 Å². The van der Waals surface area contributed by atoms with Crippen LogP contribution in [0.15, 0.2) is 54.7 Å². The minimum Gasteiger partial charge on any atom is -0.372 e. The number of pyridine rings is 1. The molecular weight excluding hydrogens is 468 g/mol. The van der Waals surface area contributed by atoms with Gasteiger partial charge in [-0.05, 0) is 42.5 Å². The summed E-state index contributed by atoms with van der Waals surface area (Å²) in [4.78, 5) is 29.1. The second-order valence-corrected chi connectivity index (χ2v) is 7.30. The molecule has 0 unspecified atom stereocenters. The number of carbonyl (C=O) groups excluding carboxylic acids is 2. The number of benzene rings is 2. The Morgan fingerprint density at radius 2 is 1.62 bits per heavy atom. The fourth-order valence-corrected chi connectivity index (χ4v) is 3.17. The van der Waals surface area contributed by atoms with Gasteiger partial charge in [-0.25, -0.2) is 4.98 Å². The summed E-state index contributed by atoms with van der Waals surface area (Å²) in [6.45, 7) is 0.